The van der Waals surface area contributed by atoms with Crippen LogP contribution in [-0.4, -0.2) is 29.6 Å². The number of carbonyl (C=O) groups is 1. The predicted octanol–water partition coefficient (Wildman–Crippen LogP) is 6.06. The molecule has 0 radical (unpaired) electrons. The molecule has 1 aliphatic heterocycles. The summed E-state index contributed by atoms with van der Waals surface area (Å²) in [7, 11) is 1.31. The third kappa shape index (κ3) is 5.23. The Kier molecular flexibility index (Phi) is 6.60. The summed E-state index contributed by atoms with van der Waals surface area (Å²) < 4.78 is 49.2. The average molecular weight is 491 g/mol. The van der Waals surface area contributed by atoms with E-state index in [2.05, 4.69) is 20.6 Å². The first-order valence-electron chi connectivity index (χ1n) is 10.0. The predicted molar refractivity (Wildman–Crippen MR) is 121 cm³/mol. The van der Waals surface area contributed by atoms with Gasteiger partial charge in [0.05, 0.1) is 23.3 Å². The minimum Gasteiger partial charge on any atom is -0.466 e. The number of nitrogens with one attached hydrogen (secondary N) is 2. The molecular weight excluding hydrogens is 473 g/mol. The molecule has 34 heavy (non-hydrogen) atoms. The quantitative estimate of drug-likeness (QED) is 0.421. The average Bonchev–Trinajstić information content (AvgIpc) is 3.03. The van der Waals surface area contributed by atoms with E-state index in [1.165, 1.54) is 31.6 Å². The van der Waals surface area contributed by atoms with Crippen LogP contribution >= 0.6 is 11.6 Å². The second-order valence-electron chi connectivity index (χ2n) is 7.22. The summed E-state index contributed by atoms with van der Waals surface area (Å²) in [6.45, 7) is 0.498. The van der Waals surface area contributed by atoms with E-state index in [1.54, 1.807) is 18.2 Å². The fourth-order valence-electron chi connectivity index (χ4n) is 3.29. The zero-order valence-corrected chi connectivity index (χ0v) is 18.5. The largest absolute Gasteiger partial charge is 0.466 e. The van der Waals surface area contributed by atoms with Crippen LogP contribution in [0.25, 0.3) is 6.08 Å². The van der Waals surface area contributed by atoms with Gasteiger partial charge in [0.1, 0.15) is 29.5 Å². The maximum atomic E-state index is 12.9. The lowest BCUT2D eigenvalue weighted by Crippen LogP contribution is -2.08. The van der Waals surface area contributed by atoms with E-state index in [9.17, 15) is 18.0 Å². The van der Waals surface area contributed by atoms with E-state index in [4.69, 9.17) is 21.1 Å². The molecule has 0 atom stereocenters. The fourth-order valence-corrected chi connectivity index (χ4v) is 3.51. The smallest absolute Gasteiger partial charge is 0.416 e. The first-order chi connectivity index (χ1) is 16.2. The van der Waals surface area contributed by atoms with Crippen LogP contribution < -0.4 is 15.4 Å². The number of benzene rings is 2. The molecule has 176 valence electrons. The van der Waals surface area contributed by atoms with Crippen LogP contribution in [0.2, 0.25) is 5.02 Å². The number of carbonyl (C=O) groups excluding carboxylic acids is 1. The van der Waals surface area contributed by atoms with E-state index in [-0.39, 0.29) is 16.5 Å². The summed E-state index contributed by atoms with van der Waals surface area (Å²) in [5.41, 5.74) is 0.756. The molecule has 0 saturated carbocycles. The van der Waals surface area contributed by atoms with E-state index in [1.807, 2.05) is 0 Å². The lowest BCUT2D eigenvalue weighted by molar-refractivity contribution is -0.138. The van der Waals surface area contributed by atoms with Gasteiger partial charge in [0.25, 0.3) is 0 Å². The molecule has 1 aromatic heterocycles. The normalized spacial score (nSPS) is 13.1. The maximum Gasteiger partial charge on any atom is 0.416 e. The Labute approximate surface area is 197 Å². The number of anilines is 3. The van der Waals surface area contributed by atoms with Gasteiger partial charge in [-0.05, 0) is 48.9 Å². The SMILES string of the molecule is COC(=O)C1=Cc2c(ncnc2Nc2ccc(Oc3cccc(C(F)(F)F)c3)c(Cl)c2)NCC1. The highest BCUT2D eigenvalue weighted by molar-refractivity contribution is 6.32. The summed E-state index contributed by atoms with van der Waals surface area (Å²) in [6.07, 6.45) is -0.993. The highest BCUT2D eigenvalue weighted by atomic mass is 35.5. The number of hydrogen-bond acceptors (Lipinski definition) is 7. The Morgan fingerprint density at radius 1 is 1.18 bits per heavy atom. The molecule has 0 amide bonds. The number of rotatable bonds is 5. The summed E-state index contributed by atoms with van der Waals surface area (Å²) in [5, 5.41) is 6.44. The van der Waals surface area contributed by atoms with Gasteiger partial charge in [-0.25, -0.2) is 14.8 Å². The molecule has 1 aliphatic rings. The molecule has 0 fully saturated rings. The van der Waals surface area contributed by atoms with Crippen LogP contribution in [0.3, 0.4) is 0 Å². The molecule has 11 heteroatoms. The molecule has 4 rings (SSSR count). The number of ether oxygens (including phenoxy) is 2. The van der Waals surface area contributed by atoms with Gasteiger partial charge in [-0.1, -0.05) is 17.7 Å². The molecule has 0 bridgehead atoms. The van der Waals surface area contributed by atoms with Crippen LogP contribution in [0.15, 0.2) is 54.4 Å². The Morgan fingerprint density at radius 2 is 2.00 bits per heavy atom. The molecule has 0 unspecified atom stereocenters. The first-order valence-corrected chi connectivity index (χ1v) is 10.4. The van der Waals surface area contributed by atoms with Gasteiger partial charge in [-0.3, -0.25) is 0 Å². The van der Waals surface area contributed by atoms with Crippen molar-refractivity contribution < 1.29 is 27.4 Å². The molecule has 0 aliphatic carbocycles. The van der Waals surface area contributed by atoms with Crippen molar-refractivity contribution >= 4 is 41.0 Å². The van der Waals surface area contributed by atoms with Crippen molar-refractivity contribution in [1.29, 1.82) is 0 Å². The third-order valence-corrected chi connectivity index (χ3v) is 5.22. The third-order valence-electron chi connectivity index (χ3n) is 4.92. The van der Waals surface area contributed by atoms with Crippen molar-refractivity contribution in [2.75, 3.05) is 24.3 Å². The Balaban J connectivity index is 1.58. The Hall–Kier alpha value is -3.79. The van der Waals surface area contributed by atoms with Gasteiger partial charge in [0.2, 0.25) is 0 Å². The number of esters is 1. The number of aromatic nitrogens is 2. The number of methoxy groups -OCH3 is 1. The fraction of sp³-hybridized carbons (Fsp3) is 0.174. The summed E-state index contributed by atoms with van der Waals surface area (Å²) in [4.78, 5) is 20.5. The van der Waals surface area contributed by atoms with E-state index in [0.717, 1.165) is 12.1 Å². The number of nitrogens with zero attached hydrogens (tertiary/aromatic N) is 2. The number of hydrogen-bond donors (Lipinski definition) is 2. The number of halogens is 4. The molecular formula is C23H18ClF3N4O3. The van der Waals surface area contributed by atoms with Crippen molar-refractivity contribution in [2.45, 2.75) is 12.6 Å². The zero-order valence-electron chi connectivity index (χ0n) is 17.7. The lowest BCUT2D eigenvalue weighted by Gasteiger charge is -2.14. The molecule has 7 nitrogen and oxygen atoms in total. The highest BCUT2D eigenvalue weighted by Gasteiger charge is 2.30. The van der Waals surface area contributed by atoms with E-state index >= 15 is 0 Å². The van der Waals surface area contributed by atoms with E-state index < -0.39 is 17.7 Å². The van der Waals surface area contributed by atoms with Crippen LogP contribution in [0.1, 0.15) is 17.5 Å². The first kappa shape index (κ1) is 23.4. The second-order valence-corrected chi connectivity index (χ2v) is 7.63. The van der Waals surface area contributed by atoms with Crippen LogP contribution in [0, 0.1) is 0 Å². The molecule has 2 aromatic carbocycles. The number of alkyl halides is 3. The lowest BCUT2D eigenvalue weighted by atomic mass is 10.1. The molecule has 0 spiro atoms. The zero-order chi connectivity index (χ0) is 24.3. The van der Waals surface area contributed by atoms with Crippen molar-refractivity contribution in [3.63, 3.8) is 0 Å². The van der Waals surface area contributed by atoms with Crippen molar-refractivity contribution in [3.05, 3.63) is 70.5 Å². The Bertz CT molecular complexity index is 1260. The van der Waals surface area contributed by atoms with Gasteiger partial charge >= 0.3 is 12.1 Å². The van der Waals surface area contributed by atoms with Gasteiger partial charge in [0.15, 0.2) is 0 Å². The van der Waals surface area contributed by atoms with Gasteiger partial charge in [0, 0.05) is 17.8 Å². The summed E-state index contributed by atoms with van der Waals surface area (Å²) >= 11 is 6.32. The monoisotopic (exact) mass is 490 g/mol. The molecule has 3 aromatic rings. The van der Waals surface area contributed by atoms with Gasteiger partial charge in [-0.2, -0.15) is 13.2 Å². The minimum atomic E-state index is -4.48. The van der Waals surface area contributed by atoms with Gasteiger partial charge < -0.3 is 20.1 Å². The summed E-state index contributed by atoms with van der Waals surface area (Å²) in [5.74, 6) is 0.715. The van der Waals surface area contributed by atoms with E-state index in [0.29, 0.717) is 41.4 Å². The Morgan fingerprint density at radius 3 is 2.74 bits per heavy atom. The van der Waals surface area contributed by atoms with Crippen molar-refractivity contribution in [1.82, 2.24) is 9.97 Å². The van der Waals surface area contributed by atoms with Crippen molar-refractivity contribution in [2.24, 2.45) is 0 Å². The summed E-state index contributed by atoms with van der Waals surface area (Å²) in [6, 6.07) is 9.24. The molecule has 0 saturated heterocycles. The van der Waals surface area contributed by atoms with Gasteiger partial charge in [-0.15, -0.1) is 0 Å². The topological polar surface area (TPSA) is 85.4 Å². The minimum absolute atomic E-state index is 0.00473. The van der Waals surface area contributed by atoms with Crippen LogP contribution in [0.5, 0.6) is 11.5 Å². The standard InChI is InChI=1S/C23H18ClF3N4O3/c1-33-22(32)13-7-8-28-20-17(9-13)21(30-12-29-20)31-15-5-6-19(18(24)11-15)34-16-4-2-3-14(10-16)23(25,26)27/h2-6,9-12H,7-8H2,1H3,(H2,28,29,30,31). The molecule has 2 heterocycles. The second kappa shape index (κ2) is 9.60. The highest BCUT2D eigenvalue weighted by Crippen LogP contribution is 2.36. The van der Waals surface area contributed by atoms with Crippen molar-refractivity contribution in [3.8, 4) is 11.5 Å². The van der Waals surface area contributed by atoms with Crippen LogP contribution in [-0.2, 0) is 15.7 Å². The van der Waals surface area contributed by atoms with Crippen LogP contribution in [0.4, 0.5) is 30.5 Å². The molecule has 2 N–H and O–H groups in total. The number of fused-ring (bicyclic) bond motifs is 1. The maximum absolute atomic E-state index is 12.9.